The summed E-state index contributed by atoms with van der Waals surface area (Å²) in [5.74, 6) is -6.31. The molecule has 1 heterocycles. The first-order valence-corrected chi connectivity index (χ1v) is 10.4. The molecule has 1 saturated heterocycles. The summed E-state index contributed by atoms with van der Waals surface area (Å²) in [4.78, 5) is 65.7. The number of ketones is 1. The number of Topliss-reactive ketones (excluding diaryl/α,β-unsaturated/α-hetero) is 1. The zero-order chi connectivity index (χ0) is 24.2. The van der Waals surface area contributed by atoms with E-state index in [1.165, 1.54) is 0 Å². The molecule has 0 saturated carbocycles. The van der Waals surface area contributed by atoms with Crippen LogP contribution in [0.4, 0.5) is 0 Å². The quantitative estimate of drug-likeness (QED) is 0.242. The summed E-state index contributed by atoms with van der Waals surface area (Å²) >= 11 is 0. The lowest BCUT2D eigenvalue weighted by Crippen LogP contribution is -2.83. The Balaban J connectivity index is 2.68. The summed E-state index contributed by atoms with van der Waals surface area (Å²) in [5.41, 5.74) is -1.77. The van der Waals surface area contributed by atoms with Crippen LogP contribution in [0.1, 0.15) is 40.2 Å². The summed E-state index contributed by atoms with van der Waals surface area (Å²) in [6.45, 7) is 7.36. The maximum atomic E-state index is 13.3. The van der Waals surface area contributed by atoms with Crippen LogP contribution in [0.15, 0.2) is 30.3 Å². The highest BCUT2D eigenvalue weighted by Gasteiger charge is 2.76. The van der Waals surface area contributed by atoms with Crippen LogP contribution < -0.4 is 0 Å². The Bertz CT molecular complexity index is 871. The van der Waals surface area contributed by atoms with E-state index >= 15 is 0 Å². The van der Waals surface area contributed by atoms with Crippen LogP contribution in [0.25, 0.3) is 0 Å². The SMILES string of the molecule is COC(=O)[C@@H](Cc1ccccc1)N1C(=O)[C@@H](C(C)=O)C1(C(=O)OC(C)C)C(=O)OC(C)C. The molecule has 0 unspecified atom stereocenters. The Morgan fingerprint density at radius 2 is 1.47 bits per heavy atom. The number of β-lactam (4-membered cyclic amide) rings is 1. The molecule has 2 rings (SSSR count). The zero-order valence-electron chi connectivity index (χ0n) is 19.1. The second-order valence-electron chi connectivity index (χ2n) is 8.16. The van der Waals surface area contributed by atoms with Gasteiger partial charge in [-0.1, -0.05) is 30.3 Å². The van der Waals surface area contributed by atoms with Gasteiger partial charge in [0.1, 0.15) is 17.7 Å². The van der Waals surface area contributed by atoms with Crippen molar-refractivity contribution in [1.29, 1.82) is 0 Å². The van der Waals surface area contributed by atoms with Gasteiger partial charge in [-0.15, -0.1) is 0 Å². The van der Waals surface area contributed by atoms with Crippen molar-refractivity contribution in [2.75, 3.05) is 7.11 Å². The van der Waals surface area contributed by atoms with E-state index in [-0.39, 0.29) is 6.42 Å². The Kier molecular flexibility index (Phi) is 7.77. The second-order valence-corrected chi connectivity index (χ2v) is 8.16. The molecule has 1 fully saturated rings. The first kappa shape index (κ1) is 25.0. The van der Waals surface area contributed by atoms with Gasteiger partial charge in [-0.05, 0) is 40.2 Å². The third-order valence-electron chi connectivity index (χ3n) is 5.05. The zero-order valence-corrected chi connectivity index (χ0v) is 19.1. The summed E-state index contributed by atoms with van der Waals surface area (Å²) in [6, 6.07) is 7.36. The van der Waals surface area contributed by atoms with E-state index in [9.17, 15) is 24.0 Å². The highest BCUT2D eigenvalue weighted by Crippen LogP contribution is 2.44. The first-order valence-electron chi connectivity index (χ1n) is 10.4. The van der Waals surface area contributed by atoms with Gasteiger partial charge in [0.15, 0.2) is 0 Å². The Hall–Kier alpha value is -3.23. The maximum absolute atomic E-state index is 13.3. The van der Waals surface area contributed by atoms with Gasteiger partial charge in [-0.2, -0.15) is 0 Å². The number of methoxy groups -OCH3 is 1. The van der Waals surface area contributed by atoms with Gasteiger partial charge in [-0.3, -0.25) is 9.59 Å². The van der Waals surface area contributed by atoms with Gasteiger partial charge in [0.25, 0.3) is 5.54 Å². The standard InChI is InChI=1S/C23H29NO8/c1-13(2)31-21(28)23(22(29)32-14(3)4)18(15(5)25)19(26)24(23)17(20(27)30-6)12-16-10-8-7-9-11-16/h7-11,13-14,17-18H,12H2,1-6H3/t17-,18-/m1/s1. The van der Waals surface area contributed by atoms with E-state index in [1.807, 2.05) is 0 Å². The molecule has 174 valence electrons. The number of hydrogen-bond acceptors (Lipinski definition) is 8. The lowest BCUT2D eigenvalue weighted by atomic mass is 9.69. The fourth-order valence-electron chi connectivity index (χ4n) is 3.81. The van der Waals surface area contributed by atoms with Crippen LogP contribution >= 0.6 is 0 Å². The fourth-order valence-corrected chi connectivity index (χ4v) is 3.81. The summed E-state index contributed by atoms with van der Waals surface area (Å²) in [7, 11) is 1.13. The number of rotatable bonds is 9. The number of carbonyl (C=O) groups excluding carboxylic acids is 5. The molecule has 32 heavy (non-hydrogen) atoms. The van der Waals surface area contributed by atoms with Gasteiger partial charge in [0.05, 0.1) is 19.3 Å². The van der Waals surface area contributed by atoms with Gasteiger partial charge >= 0.3 is 17.9 Å². The van der Waals surface area contributed by atoms with E-state index in [4.69, 9.17) is 14.2 Å². The van der Waals surface area contributed by atoms with Crippen LogP contribution in [0.5, 0.6) is 0 Å². The third kappa shape index (κ3) is 4.51. The highest BCUT2D eigenvalue weighted by molar-refractivity contribution is 6.25. The number of amides is 1. The van der Waals surface area contributed by atoms with Crippen LogP contribution in [0.2, 0.25) is 0 Å². The Labute approximate surface area is 187 Å². The Morgan fingerprint density at radius 1 is 0.969 bits per heavy atom. The molecule has 9 heteroatoms. The van der Waals surface area contributed by atoms with Crippen LogP contribution in [0.3, 0.4) is 0 Å². The number of esters is 3. The van der Waals surface area contributed by atoms with E-state index in [2.05, 4.69) is 0 Å². The van der Waals surface area contributed by atoms with Crippen molar-refractivity contribution in [3.8, 4) is 0 Å². The molecule has 0 radical (unpaired) electrons. The number of benzene rings is 1. The molecule has 9 nitrogen and oxygen atoms in total. The summed E-state index contributed by atoms with van der Waals surface area (Å²) in [6.07, 6.45) is -1.35. The molecule has 1 aliphatic rings. The number of likely N-dealkylation sites (tertiary alicyclic amines) is 1. The number of carbonyl (C=O) groups is 5. The largest absolute Gasteiger partial charge is 0.467 e. The molecule has 1 amide bonds. The van der Waals surface area contributed by atoms with Crippen LogP contribution in [0, 0.1) is 5.92 Å². The van der Waals surface area contributed by atoms with Crippen molar-refractivity contribution in [2.45, 2.75) is 64.8 Å². The average molecular weight is 447 g/mol. The maximum Gasteiger partial charge on any atom is 0.345 e. The van der Waals surface area contributed by atoms with Crippen molar-refractivity contribution in [3.05, 3.63) is 35.9 Å². The predicted octanol–water partition coefficient (Wildman–Crippen LogP) is 1.46. The van der Waals surface area contributed by atoms with Crippen LogP contribution in [-0.4, -0.2) is 65.4 Å². The van der Waals surface area contributed by atoms with E-state index in [0.29, 0.717) is 5.56 Å². The highest BCUT2D eigenvalue weighted by atomic mass is 16.6. The molecule has 0 N–H and O–H groups in total. The molecule has 1 aromatic carbocycles. The molecular weight excluding hydrogens is 418 g/mol. The smallest absolute Gasteiger partial charge is 0.345 e. The predicted molar refractivity (Wildman–Crippen MR) is 112 cm³/mol. The molecule has 1 aromatic rings. The van der Waals surface area contributed by atoms with Gasteiger partial charge in [0.2, 0.25) is 5.91 Å². The molecular formula is C23H29NO8. The van der Waals surface area contributed by atoms with E-state index < -0.39 is 59.3 Å². The average Bonchev–Trinajstić information content (AvgIpc) is 2.69. The number of ether oxygens (including phenoxy) is 3. The molecule has 0 aromatic heterocycles. The third-order valence-corrected chi connectivity index (χ3v) is 5.05. The van der Waals surface area contributed by atoms with Gasteiger partial charge < -0.3 is 19.1 Å². The fraction of sp³-hybridized carbons (Fsp3) is 0.522. The Morgan fingerprint density at radius 3 is 1.88 bits per heavy atom. The minimum atomic E-state index is -2.43. The molecule has 0 spiro atoms. The van der Waals surface area contributed by atoms with Crippen molar-refractivity contribution in [1.82, 2.24) is 4.90 Å². The lowest BCUT2D eigenvalue weighted by Gasteiger charge is -2.54. The van der Waals surface area contributed by atoms with Gasteiger partial charge in [0, 0.05) is 6.42 Å². The molecule has 0 aliphatic carbocycles. The van der Waals surface area contributed by atoms with Crippen LogP contribution in [-0.2, 0) is 44.6 Å². The molecule has 1 aliphatic heterocycles. The van der Waals surface area contributed by atoms with Gasteiger partial charge in [-0.25, -0.2) is 14.4 Å². The molecule has 0 bridgehead atoms. The molecule has 2 atom stereocenters. The second kappa shape index (κ2) is 9.93. The summed E-state index contributed by atoms with van der Waals surface area (Å²) in [5, 5.41) is 0. The monoisotopic (exact) mass is 447 g/mol. The van der Waals surface area contributed by atoms with Crippen molar-refractivity contribution < 1.29 is 38.2 Å². The normalized spacial score (nSPS) is 18.1. The number of nitrogens with zero attached hydrogens (tertiary/aromatic N) is 1. The van der Waals surface area contributed by atoms with E-state index in [1.54, 1.807) is 58.0 Å². The van der Waals surface area contributed by atoms with Crippen molar-refractivity contribution >= 4 is 29.6 Å². The van der Waals surface area contributed by atoms with Crippen molar-refractivity contribution in [2.24, 2.45) is 5.92 Å². The first-order chi connectivity index (χ1) is 15.0. The summed E-state index contributed by atoms with van der Waals surface area (Å²) < 4.78 is 15.5. The van der Waals surface area contributed by atoms with E-state index in [0.717, 1.165) is 18.9 Å². The number of hydrogen-bond donors (Lipinski definition) is 0. The minimum absolute atomic E-state index is 0.0461. The minimum Gasteiger partial charge on any atom is -0.467 e. The van der Waals surface area contributed by atoms with Crippen molar-refractivity contribution in [3.63, 3.8) is 0 Å². The topological polar surface area (TPSA) is 116 Å². The lowest BCUT2D eigenvalue weighted by molar-refractivity contribution is -0.213.